The highest BCUT2D eigenvalue weighted by molar-refractivity contribution is 6.30. The molecule has 0 aliphatic rings. The van der Waals surface area contributed by atoms with Crippen LogP contribution >= 0.6 is 11.6 Å². The summed E-state index contributed by atoms with van der Waals surface area (Å²) in [5.74, 6) is -0.283. The lowest BCUT2D eigenvalue weighted by molar-refractivity contribution is -0.122. The number of hydrogen-bond acceptors (Lipinski definition) is 5. The average Bonchev–Trinajstić information content (AvgIpc) is 2.58. The Labute approximate surface area is 148 Å². The van der Waals surface area contributed by atoms with Crippen molar-refractivity contribution < 1.29 is 14.3 Å². The van der Waals surface area contributed by atoms with Gasteiger partial charge in [-0.25, -0.2) is 5.10 Å². The van der Waals surface area contributed by atoms with Crippen molar-refractivity contribution >= 4 is 23.4 Å². The average molecular weight is 365 g/mol. The third kappa shape index (κ3) is 5.92. The van der Waals surface area contributed by atoms with Gasteiger partial charge in [-0.2, -0.15) is 5.10 Å². The summed E-state index contributed by atoms with van der Waals surface area (Å²) in [6.07, 6.45) is 0.645. The molecule has 0 unspecified atom stereocenters. The van der Waals surface area contributed by atoms with Gasteiger partial charge >= 0.3 is 0 Å². The van der Waals surface area contributed by atoms with Crippen LogP contribution in [0.4, 0.5) is 0 Å². The number of benzene rings is 1. The van der Waals surface area contributed by atoms with Gasteiger partial charge in [-0.05, 0) is 43.2 Å². The minimum atomic E-state index is -0.627. The topological polar surface area (TPSA) is 113 Å². The zero-order chi connectivity index (χ0) is 18.2. The van der Waals surface area contributed by atoms with E-state index in [1.54, 1.807) is 18.2 Å². The first-order chi connectivity index (χ1) is 12.0. The molecule has 0 aliphatic heterocycles. The molecule has 2 amide bonds. The Hall–Kier alpha value is -2.87. The Morgan fingerprint density at radius 2 is 2.04 bits per heavy atom. The van der Waals surface area contributed by atoms with Crippen LogP contribution in [0.2, 0.25) is 5.02 Å². The first kappa shape index (κ1) is 18.5. The Morgan fingerprint density at radius 3 is 2.72 bits per heavy atom. The number of nitrogens with one attached hydrogen (secondary N) is 3. The maximum atomic E-state index is 11.7. The summed E-state index contributed by atoms with van der Waals surface area (Å²) in [5.41, 5.74) is 4.97. The predicted molar refractivity (Wildman–Crippen MR) is 91.4 cm³/mol. The van der Waals surface area contributed by atoms with Crippen LogP contribution in [0.1, 0.15) is 28.9 Å². The number of H-pyrrole nitrogens is 1. The van der Waals surface area contributed by atoms with E-state index in [9.17, 15) is 14.4 Å². The molecule has 0 fully saturated rings. The number of carbonyl (C=O) groups excluding carboxylic acids is 2. The maximum Gasteiger partial charge on any atom is 0.290 e. The number of halogens is 1. The second kappa shape index (κ2) is 8.84. The molecule has 8 nitrogen and oxygen atoms in total. The Kier molecular flexibility index (Phi) is 6.53. The number of aryl methyl sites for hydroxylation is 1. The molecule has 0 aliphatic carbocycles. The second-order valence-corrected chi connectivity index (χ2v) is 5.61. The third-order valence-electron chi connectivity index (χ3n) is 3.17. The van der Waals surface area contributed by atoms with Gasteiger partial charge in [0.25, 0.3) is 11.5 Å². The summed E-state index contributed by atoms with van der Waals surface area (Å²) in [6, 6.07) is 7.72. The standard InChI is InChI=1S/C16H17ClN4O4/c1-10-9-11(17)4-6-13(10)25-8-2-3-14(22)20-21-16(24)12-5-7-15(23)19-18-12/h4-7,9H,2-3,8H2,1H3,(H,19,23)(H,20,22)(H,21,24). The Bertz CT molecular complexity index is 802. The molecule has 0 spiro atoms. The summed E-state index contributed by atoms with van der Waals surface area (Å²) in [5, 5.41) is 6.32. The van der Waals surface area contributed by atoms with Crippen molar-refractivity contribution in [1.82, 2.24) is 21.0 Å². The fraction of sp³-hybridized carbons (Fsp3) is 0.250. The molecule has 1 heterocycles. The number of hydrogen-bond donors (Lipinski definition) is 3. The molecular formula is C16H17ClN4O4. The summed E-state index contributed by atoms with van der Waals surface area (Å²) >= 11 is 5.87. The van der Waals surface area contributed by atoms with Crippen LogP contribution in [0.5, 0.6) is 5.75 Å². The fourth-order valence-electron chi connectivity index (χ4n) is 1.91. The molecule has 1 aromatic heterocycles. The highest BCUT2D eigenvalue weighted by Crippen LogP contribution is 2.21. The highest BCUT2D eigenvalue weighted by atomic mass is 35.5. The molecular weight excluding hydrogens is 348 g/mol. The fourth-order valence-corrected chi connectivity index (χ4v) is 2.14. The van der Waals surface area contributed by atoms with Crippen LogP contribution < -0.4 is 21.1 Å². The molecule has 1 aromatic carbocycles. The number of hydrazine groups is 1. The normalized spacial score (nSPS) is 10.2. The van der Waals surface area contributed by atoms with Gasteiger partial charge in [0.15, 0.2) is 5.69 Å². The summed E-state index contributed by atoms with van der Waals surface area (Å²) < 4.78 is 5.58. The first-order valence-corrected chi connectivity index (χ1v) is 7.87. The van der Waals surface area contributed by atoms with Gasteiger partial charge in [0, 0.05) is 17.5 Å². The van der Waals surface area contributed by atoms with Crippen molar-refractivity contribution in [1.29, 1.82) is 0 Å². The SMILES string of the molecule is Cc1cc(Cl)ccc1OCCCC(=O)NNC(=O)c1ccc(=O)[nH]n1. The van der Waals surface area contributed by atoms with Crippen LogP contribution in [-0.4, -0.2) is 28.6 Å². The second-order valence-electron chi connectivity index (χ2n) is 5.17. The van der Waals surface area contributed by atoms with Gasteiger partial charge in [-0.3, -0.25) is 25.2 Å². The van der Waals surface area contributed by atoms with Crippen LogP contribution in [-0.2, 0) is 4.79 Å². The molecule has 2 rings (SSSR count). The molecule has 0 radical (unpaired) electrons. The molecule has 2 aromatic rings. The van der Waals surface area contributed by atoms with E-state index in [0.717, 1.165) is 5.56 Å². The number of carbonyl (C=O) groups is 2. The van der Waals surface area contributed by atoms with Crippen molar-refractivity contribution in [2.24, 2.45) is 0 Å². The van der Waals surface area contributed by atoms with E-state index in [4.69, 9.17) is 16.3 Å². The van der Waals surface area contributed by atoms with Crippen molar-refractivity contribution in [3.8, 4) is 5.75 Å². The van der Waals surface area contributed by atoms with Crippen molar-refractivity contribution in [3.05, 3.63) is 57.0 Å². The van der Waals surface area contributed by atoms with E-state index in [0.29, 0.717) is 23.8 Å². The van der Waals surface area contributed by atoms with Gasteiger partial charge in [0.05, 0.1) is 6.61 Å². The van der Waals surface area contributed by atoms with Crippen LogP contribution in [0.25, 0.3) is 0 Å². The molecule has 0 bridgehead atoms. The quantitative estimate of drug-likeness (QED) is 0.529. The van der Waals surface area contributed by atoms with Crippen LogP contribution in [0.15, 0.2) is 35.1 Å². The Balaban J connectivity index is 1.67. The van der Waals surface area contributed by atoms with E-state index in [-0.39, 0.29) is 18.0 Å². The van der Waals surface area contributed by atoms with Gasteiger partial charge in [0.2, 0.25) is 5.91 Å². The molecule has 0 saturated heterocycles. The molecule has 132 valence electrons. The third-order valence-corrected chi connectivity index (χ3v) is 3.41. The molecule has 0 atom stereocenters. The van der Waals surface area contributed by atoms with E-state index in [1.807, 2.05) is 6.92 Å². The van der Waals surface area contributed by atoms with Crippen molar-refractivity contribution in [3.63, 3.8) is 0 Å². The summed E-state index contributed by atoms with van der Waals surface area (Å²) in [6.45, 7) is 2.24. The predicted octanol–water partition coefficient (Wildman–Crippen LogP) is 1.35. The lowest BCUT2D eigenvalue weighted by Gasteiger charge is -2.10. The van der Waals surface area contributed by atoms with Crippen LogP contribution in [0, 0.1) is 6.92 Å². The molecule has 3 N–H and O–H groups in total. The minimum Gasteiger partial charge on any atom is -0.493 e. The number of aromatic amines is 1. The Morgan fingerprint density at radius 1 is 1.24 bits per heavy atom. The lowest BCUT2D eigenvalue weighted by atomic mass is 10.2. The zero-order valence-electron chi connectivity index (χ0n) is 13.5. The van der Waals surface area contributed by atoms with Crippen molar-refractivity contribution in [2.45, 2.75) is 19.8 Å². The summed E-state index contributed by atoms with van der Waals surface area (Å²) in [4.78, 5) is 34.2. The van der Waals surface area contributed by atoms with Crippen molar-refractivity contribution in [2.75, 3.05) is 6.61 Å². The first-order valence-electron chi connectivity index (χ1n) is 7.49. The van der Waals surface area contributed by atoms with Gasteiger partial charge in [-0.1, -0.05) is 11.6 Å². The zero-order valence-corrected chi connectivity index (χ0v) is 14.2. The van der Waals surface area contributed by atoms with Crippen LogP contribution in [0.3, 0.4) is 0 Å². The summed E-state index contributed by atoms with van der Waals surface area (Å²) in [7, 11) is 0. The number of nitrogens with zero attached hydrogens (tertiary/aromatic N) is 1. The lowest BCUT2D eigenvalue weighted by Crippen LogP contribution is -2.42. The van der Waals surface area contributed by atoms with Gasteiger partial charge < -0.3 is 4.74 Å². The number of ether oxygens (including phenoxy) is 1. The molecule has 9 heteroatoms. The number of aromatic nitrogens is 2. The van der Waals surface area contributed by atoms with E-state index in [1.165, 1.54) is 12.1 Å². The maximum absolute atomic E-state index is 11.7. The monoisotopic (exact) mass is 364 g/mol. The van der Waals surface area contributed by atoms with Gasteiger partial charge in [-0.15, -0.1) is 0 Å². The number of amides is 2. The highest BCUT2D eigenvalue weighted by Gasteiger charge is 2.09. The smallest absolute Gasteiger partial charge is 0.290 e. The minimum absolute atomic E-state index is 0.0125. The van der Waals surface area contributed by atoms with E-state index in [2.05, 4.69) is 21.0 Å². The number of rotatable bonds is 6. The van der Waals surface area contributed by atoms with E-state index < -0.39 is 11.5 Å². The molecule has 25 heavy (non-hydrogen) atoms. The largest absolute Gasteiger partial charge is 0.493 e. The van der Waals surface area contributed by atoms with Gasteiger partial charge in [0.1, 0.15) is 5.75 Å². The van der Waals surface area contributed by atoms with E-state index >= 15 is 0 Å². The molecule has 0 saturated carbocycles.